The Kier molecular flexibility index (Phi) is 4.38. The van der Waals surface area contributed by atoms with Gasteiger partial charge in [-0.05, 0) is 18.2 Å². The van der Waals surface area contributed by atoms with Crippen LogP contribution in [0.4, 0.5) is 5.69 Å². The molecule has 1 aromatic carbocycles. The second-order valence-corrected chi connectivity index (χ2v) is 4.10. The molecule has 0 fully saturated rings. The number of carbonyl (C=O) groups is 1. The summed E-state index contributed by atoms with van der Waals surface area (Å²) in [7, 11) is 0. The first-order chi connectivity index (χ1) is 6.61. The first-order valence-electron chi connectivity index (χ1n) is 4.08. The standard InChI is InChI=1S/C9H10BrClN2O/c10-6-3-7(11)5-8(4-6)13-9(14)1-2-12/h3-5H,1-2,12H2,(H,13,14). The Morgan fingerprint density at radius 1 is 1.50 bits per heavy atom. The number of hydrogen-bond donors (Lipinski definition) is 2. The normalized spacial score (nSPS) is 9.93. The van der Waals surface area contributed by atoms with E-state index < -0.39 is 0 Å². The number of hydrogen-bond acceptors (Lipinski definition) is 2. The van der Waals surface area contributed by atoms with E-state index in [4.69, 9.17) is 17.3 Å². The van der Waals surface area contributed by atoms with Crippen LogP contribution in [0.2, 0.25) is 5.02 Å². The zero-order chi connectivity index (χ0) is 10.6. The van der Waals surface area contributed by atoms with Crippen molar-refractivity contribution < 1.29 is 4.79 Å². The Bertz CT molecular complexity index is 323. The van der Waals surface area contributed by atoms with E-state index in [1.807, 2.05) is 0 Å². The van der Waals surface area contributed by atoms with Crippen molar-refractivity contribution in [3.63, 3.8) is 0 Å². The van der Waals surface area contributed by atoms with Gasteiger partial charge in [-0.15, -0.1) is 0 Å². The highest BCUT2D eigenvalue weighted by Crippen LogP contribution is 2.22. The molecule has 3 nitrogen and oxygen atoms in total. The lowest BCUT2D eigenvalue weighted by Crippen LogP contribution is -2.16. The van der Waals surface area contributed by atoms with Crippen LogP contribution in [-0.2, 0) is 4.79 Å². The van der Waals surface area contributed by atoms with Crippen LogP contribution in [0.1, 0.15) is 6.42 Å². The van der Waals surface area contributed by atoms with Crippen molar-refractivity contribution in [1.82, 2.24) is 0 Å². The number of benzene rings is 1. The molecule has 0 atom stereocenters. The van der Waals surface area contributed by atoms with Crippen molar-refractivity contribution in [2.75, 3.05) is 11.9 Å². The fraction of sp³-hybridized carbons (Fsp3) is 0.222. The summed E-state index contributed by atoms with van der Waals surface area (Å²) in [5.74, 6) is -0.110. The average molecular weight is 278 g/mol. The monoisotopic (exact) mass is 276 g/mol. The third-order valence-electron chi connectivity index (χ3n) is 1.52. The molecular formula is C9H10BrClN2O. The van der Waals surface area contributed by atoms with Crippen molar-refractivity contribution in [2.45, 2.75) is 6.42 Å². The molecule has 1 amide bonds. The van der Waals surface area contributed by atoms with Gasteiger partial charge in [-0.25, -0.2) is 0 Å². The van der Waals surface area contributed by atoms with Crippen LogP contribution in [-0.4, -0.2) is 12.5 Å². The van der Waals surface area contributed by atoms with Gasteiger partial charge in [0, 0.05) is 28.1 Å². The Morgan fingerprint density at radius 3 is 2.79 bits per heavy atom. The van der Waals surface area contributed by atoms with Crippen LogP contribution in [0.15, 0.2) is 22.7 Å². The summed E-state index contributed by atoms with van der Waals surface area (Å²) in [4.78, 5) is 11.2. The van der Waals surface area contributed by atoms with Crippen LogP contribution in [0.5, 0.6) is 0 Å². The zero-order valence-electron chi connectivity index (χ0n) is 7.39. The number of anilines is 1. The van der Waals surface area contributed by atoms with E-state index in [0.717, 1.165) is 4.47 Å². The van der Waals surface area contributed by atoms with Gasteiger partial charge in [0.2, 0.25) is 5.91 Å². The van der Waals surface area contributed by atoms with E-state index in [-0.39, 0.29) is 5.91 Å². The number of nitrogens with two attached hydrogens (primary N) is 1. The lowest BCUT2D eigenvalue weighted by molar-refractivity contribution is -0.116. The van der Waals surface area contributed by atoms with E-state index in [0.29, 0.717) is 23.7 Å². The molecule has 0 spiro atoms. The van der Waals surface area contributed by atoms with Crippen LogP contribution >= 0.6 is 27.5 Å². The first kappa shape index (κ1) is 11.5. The van der Waals surface area contributed by atoms with E-state index in [2.05, 4.69) is 21.2 Å². The second kappa shape index (κ2) is 5.34. The minimum atomic E-state index is -0.110. The van der Waals surface area contributed by atoms with Gasteiger partial charge in [0.1, 0.15) is 0 Å². The molecule has 0 radical (unpaired) electrons. The van der Waals surface area contributed by atoms with E-state index in [9.17, 15) is 4.79 Å². The largest absolute Gasteiger partial charge is 0.330 e. The SMILES string of the molecule is NCCC(=O)Nc1cc(Cl)cc(Br)c1. The maximum atomic E-state index is 11.2. The number of halogens is 2. The smallest absolute Gasteiger partial charge is 0.225 e. The maximum Gasteiger partial charge on any atom is 0.225 e. The predicted molar refractivity (Wildman–Crippen MR) is 61.5 cm³/mol. The summed E-state index contributed by atoms with van der Waals surface area (Å²) in [6.07, 6.45) is 0.310. The van der Waals surface area contributed by atoms with Crippen molar-refractivity contribution >= 4 is 39.1 Å². The molecule has 5 heteroatoms. The molecule has 1 aromatic rings. The van der Waals surface area contributed by atoms with E-state index in [1.54, 1.807) is 18.2 Å². The minimum Gasteiger partial charge on any atom is -0.330 e. The van der Waals surface area contributed by atoms with Crippen LogP contribution in [0, 0.1) is 0 Å². The topological polar surface area (TPSA) is 55.1 Å². The Balaban J connectivity index is 2.71. The quantitative estimate of drug-likeness (QED) is 0.891. The molecule has 0 unspecified atom stereocenters. The van der Waals surface area contributed by atoms with E-state index in [1.165, 1.54) is 0 Å². The molecule has 0 aliphatic heterocycles. The molecule has 0 aromatic heterocycles. The summed E-state index contributed by atoms with van der Waals surface area (Å²) in [6, 6.07) is 5.21. The molecule has 1 rings (SSSR count). The van der Waals surface area contributed by atoms with Crippen LogP contribution in [0.25, 0.3) is 0 Å². The van der Waals surface area contributed by atoms with Gasteiger partial charge in [0.15, 0.2) is 0 Å². The van der Waals surface area contributed by atoms with Crippen molar-refractivity contribution in [3.05, 3.63) is 27.7 Å². The first-order valence-corrected chi connectivity index (χ1v) is 5.25. The van der Waals surface area contributed by atoms with Crippen molar-refractivity contribution in [3.8, 4) is 0 Å². The number of amides is 1. The maximum absolute atomic E-state index is 11.2. The third kappa shape index (κ3) is 3.65. The molecular weight excluding hydrogens is 267 g/mol. The van der Waals surface area contributed by atoms with Gasteiger partial charge < -0.3 is 11.1 Å². The van der Waals surface area contributed by atoms with Crippen LogP contribution in [0.3, 0.4) is 0 Å². The van der Waals surface area contributed by atoms with Crippen LogP contribution < -0.4 is 11.1 Å². The summed E-state index contributed by atoms with van der Waals surface area (Å²) >= 11 is 9.09. The highest BCUT2D eigenvalue weighted by molar-refractivity contribution is 9.10. The van der Waals surface area contributed by atoms with E-state index >= 15 is 0 Å². The average Bonchev–Trinajstić information content (AvgIpc) is 2.01. The molecule has 0 aliphatic carbocycles. The third-order valence-corrected chi connectivity index (χ3v) is 2.19. The lowest BCUT2D eigenvalue weighted by atomic mass is 10.3. The van der Waals surface area contributed by atoms with Gasteiger partial charge in [-0.1, -0.05) is 27.5 Å². The van der Waals surface area contributed by atoms with Gasteiger partial charge in [0.05, 0.1) is 0 Å². The summed E-state index contributed by atoms with van der Waals surface area (Å²) in [5, 5.41) is 3.26. The Hall–Kier alpha value is -0.580. The fourth-order valence-corrected chi connectivity index (χ4v) is 1.84. The lowest BCUT2D eigenvalue weighted by Gasteiger charge is -2.05. The molecule has 3 N–H and O–H groups in total. The number of nitrogens with one attached hydrogen (secondary N) is 1. The molecule has 0 heterocycles. The van der Waals surface area contributed by atoms with Gasteiger partial charge in [-0.2, -0.15) is 0 Å². The highest BCUT2D eigenvalue weighted by atomic mass is 79.9. The molecule has 14 heavy (non-hydrogen) atoms. The molecule has 0 bridgehead atoms. The van der Waals surface area contributed by atoms with Gasteiger partial charge in [0.25, 0.3) is 0 Å². The Morgan fingerprint density at radius 2 is 2.21 bits per heavy atom. The summed E-state index contributed by atoms with van der Waals surface area (Å²) < 4.78 is 0.827. The number of carbonyl (C=O) groups excluding carboxylic acids is 1. The summed E-state index contributed by atoms with van der Waals surface area (Å²) in [5.41, 5.74) is 5.92. The molecule has 0 saturated carbocycles. The fourth-order valence-electron chi connectivity index (χ4n) is 0.981. The molecule has 0 aliphatic rings. The van der Waals surface area contributed by atoms with Gasteiger partial charge >= 0.3 is 0 Å². The minimum absolute atomic E-state index is 0.110. The predicted octanol–water partition coefficient (Wildman–Crippen LogP) is 2.39. The second-order valence-electron chi connectivity index (χ2n) is 2.74. The van der Waals surface area contributed by atoms with Gasteiger partial charge in [-0.3, -0.25) is 4.79 Å². The zero-order valence-corrected chi connectivity index (χ0v) is 9.73. The highest BCUT2D eigenvalue weighted by Gasteiger charge is 2.02. The Labute approximate surface area is 95.7 Å². The molecule has 76 valence electrons. The number of rotatable bonds is 3. The van der Waals surface area contributed by atoms with Crippen molar-refractivity contribution in [2.24, 2.45) is 5.73 Å². The summed E-state index contributed by atoms with van der Waals surface area (Å²) in [6.45, 7) is 0.341. The molecule has 0 saturated heterocycles. The van der Waals surface area contributed by atoms with Crippen molar-refractivity contribution in [1.29, 1.82) is 0 Å².